The lowest BCUT2D eigenvalue weighted by Gasteiger charge is -2.14. The Bertz CT molecular complexity index is 546. The first kappa shape index (κ1) is 15.4. The van der Waals surface area contributed by atoms with Gasteiger partial charge in [-0.15, -0.1) is 0 Å². The third kappa shape index (κ3) is 3.20. The molecule has 0 aliphatic carbocycles. The van der Waals surface area contributed by atoms with Crippen molar-refractivity contribution < 1.29 is 14.5 Å². The summed E-state index contributed by atoms with van der Waals surface area (Å²) in [6, 6.07) is 3.16. The monoisotopic (exact) mass is 281 g/mol. The molecule has 0 radical (unpaired) electrons. The molecule has 9 heteroatoms. The highest BCUT2D eigenvalue weighted by Gasteiger charge is 2.23. The van der Waals surface area contributed by atoms with Crippen molar-refractivity contribution in [3.8, 4) is 0 Å². The van der Waals surface area contributed by atoms with Gasteiger partial charge in [-0.1, -0.05) is 6.07 Å². The number of nitro groups is 1. The van der Waals surface area contributed by atoms with Crippen LogP contribution in [0.2, 0.25) is 0 Å². The minimum Gasteiger partial charge on any atom is -0.357 e. The standard InChI is InChI=1S/C11H15N5O4/c1-6(10(17)13-2)14-11(18)7-4-3-5-8(16(19)20)9(7)15-12/h3-6,15H,12H2,1-2H3,(H,13,17)(H,14,18). The van der Waals surface area contributed by atoms with E-state index in [0.29, 0.717) is 0 Å². The first-order chi connectivity index (χ1) is 9.42. The molecule has 1 atom stereocenters. The fourth-order valence-electron chi connectivity index (χ4n) is 1.59. The van der Waals surface area contributed by atoms with Gasteiger partial charge in [-0.2, -0.15) is 0 Å². The second-order valence-corrected chi connectivity index (χ2v) is 3.91. The number of nitrogens with zero attached hydrogens (tertiary/aromatic N) is 1. The van der Waals surface area contributed by atoms with E-state index in [4.69, 9.17) is 5.84 Å². The normalized spacial score (nSPS) is 11.3. The van der Waals surface area contributed by atoms with Crippen molar-refractivity contribution in [2.45, 2.75) is 13.0 Å². The van der Waals surface area contributed by atoms with Crippen molar-refractivity contribution in [1.29, 1.82) is 0 Å². The number of hydrogen-bond donors (Lipinski definition) is 4. The molecule has 0 bridgehead atoms. The van der Waals surface area contributed by atoms with Crippen molar-refractivity contribution in [3.63, 3.8) is 0 Å². The van der Waals surface area contributed by atoms with E-state index in [1.807, 2.05) is 0 Å². The Morgan fingerprint density at radius 3 is 2.55 bits per heavy atom. The second kappa shape index (κ2) is 6.48. The lowest BCUT2D eigenvalue weighted by atomic mass is 10.1. The van der Waals surface area contributed by atoms with Gasteiger partial charge in [0, 0.05) is 13.1 Å². The number of nitrogens with one attached hydrogen (secondary N) is 3. The average molecular weight is 281 g/mol. The summed E-state index contributed by atoms with van der Waals surface area (Å²) < 4.78 is 0. The molecular weight excluding hydrogens is 266 g/mol. The summed E-state index contributed by atoms with van der Waals surface area (Å²) >= 11 is 0. The Morgan fingerprint density at radius 2 is 2.05 bits per heavy atom. The molecule has 0 aliphatic rings. The van der Waals surface area contributed by atoms with Crippen LogP contribution in [0.5, 0.6) is 0 Å². The molecule has 0 aromatic heterocycles. The molecule has 2 amide bonds. The highest BCUT2D eigenvalue weighted by Crippen LogP contribution is 2.27. The van der Waals surface area contributed by atoms with Crippen LogP contribution >= 0.6 is 0 Å². The Morgan fingerprint density at radius 1 is 1.40 bits per heavy atom. The minimum absolute atomic E-state index is 0.0162. The zero-order valence-electron chi connectivity index (χ0n) is 11.0. The Balaban J connectivity index is 3.07. The van der Waals surface area contributed by atoms with Crippen LogP contribution in [0.3, 0.4) is 0 Å². The number of para-hydroxylation sites is 1. The van der Waals surface area contributed by atoms with Crippen LogP contribution in [-0.2, 0) is 4.79 Å². The number of nitrogen functional groups attached to an aromatic ring is 1. The van der Waals surface area contributed by atoms with E-state index >= 15 is 0 Å². The molecule has 108 valence electrons. The molecule has 0 fully saturated rings. The van der Waals surface area contributed by atoms with Crippen LogP contribution in [0.1, 0.15) is 17.3 Å². The largest absolute Gasteiger partial charge is 0.357 e. The summed E-state index contributed by atoms with van der Waals surface area (Å²) in [6.07, 6.45) is 0. The van der Waals surface area contributed by atoms with E-state index in [9.17, 15) is 19.7 Å². The molecule has 1 aromatic rings. The van der Waals surface area contributed by atoms with Crippen LogP contribution in [-0.4, -0.2) is 29.8 Å². The van der Waals surface area contributed by atoms with Gasteiger partial charge in [0.15, 0.2) is 0 Å². The van der Waals surface area contributed by atoms with Crippen molar-refractivity contribution in [1.82, 2.24) is 10.6 Å². The first-order valence-electron chi connectivity index (χ1n) is 5.68. The summed E-state index contributed by atoms with van der Waals surface area (Å²) in [6.45, 7) is 1.49. The predicted octanol–water partition coefficient (Wildman–Crippen LogP) is -0.255. The topological polar surface area (TPSA) is 139 Å². The molecule has 0 saturated heterocycles. The number of hydrazine groups is 1. The van der Waals surface area contributed by atoms with Gasteiger partial charge in [-0.05, 0) is 13.0 Å². The smallest absolute Gasteiger partial charge is 0.294 e. The third-order valence-corrected chi connectivity index (χ3v) is 2.62. The maximum Gasteiger partial charge on any atom is 0.294 e. The molecule has 1 rings (SSSR count). The molecule has 0 heterocycles. The lowest BCUT2D eigenvalue weighted by molar-refractivity contribution is -0.384. The van der Waals surface area contributed by atoms with Crippen LogP contribution in [0.25, 0.3) is 0 Å². The molecule has 5 N–H and O–H groups in total. The van der Waals surface area contributed by atoms with Crippen LogP contribution < -0.4 is 21.9 Å². The van der Waals surface area contributed by atoms with Crippen molar-refractivity contribution in [2.24, 2.45) is 5.84 Å². The number of benzene rings is 1. The number of carbonyl (C=O) groups excluding carboxylic acids is 2. The predicted molar refractivity (Wildman–Crippen MR) is 71.9 cm³/mol. The number of hydrogen-bond acceptors (Lipinski definition) is 6. The molecule has 0 saturated carbocycles. The van der Waals surface area contributed by atoms with E-state index in [1.54, 1.807) is 0 Å². The molecule has 9 nitrogen and oxygen atoms in total. The average Bonchev–Trinajstić information content (AvgIpc) is 2.44. The van der Waals surface area contributed by atoms with Crippen LogP contribution in [0, 0.1) is 10.1 Å². The molecule has 20 heavy (non-hydrogen) atoms. The van der Waals surface area contributed by atoms with E-state index in [1.165, 1.54) is 32.2 Å². The molecular formula is C11H15N5O4. The number of amides is 2. The van der Waals surface area contributed by atoms with E-state index in [0.717, 1.165) is 0 Å². The van der Waals surface area contributed by atoms with Gasteiger partial charge >= 0.3 is 0 Å². The maximum atomic E-state index is 12.0. The minimum atomic E-state index is -0.780. The van der Waals surface area contributed by atoms with E-state index in [2.05, 4.69) is 16.1 Å². The maximum absolute atomic E-state index is 12.0. The number of anilines is 1. The summed E-state index contributed by atoms with van der Waals surface area (Å²) in [4.78, 5) is 33.5. The number of nitrogens with two attached hydrogens (primary N) is 1. The van der Waals surface area contributed by atoms with Crippen molar-refractivity contribution >= 4 is 23.2 Å². The summed E-state index contributed by atoms with van der Waals surface area (Å²) in [5.74, 6) is 4.21. The fourth-order valence-corrected chi connectivity index (χ4v) is 1.59. The van der Waals surface area contributed by atoms with Gasteiger partial charge in [0.25, 0.3) is 11.6 Å². The van der Waals surface area contributed by atoms with Crippen molar-refractivity contribution in [3.05, 3.63) is 33.9 Å². The number of likely N-dealkylation sites (N-methyl/N-ethyl adjacent to an activating group) is 1. The van der Waals surface area contributed by atoms with E-state index < -0.39 is 16.9 Å². The third-order valence-electron chi connectivity index (χ3n) is 2.62. The lowest BCUT2D eigenvalue weighted by Crippen LogP contribution is -2.43. The van der Waals surface area contributed by atoms with Gasteiger partial charge in [0.2, 0.25) is 5.91 Å². The zero-order chi connectivity index (χ0) is 15.3. The van der Waals surface area contributed by atoms with Crippen LogP contribution in [0.15, 0.2) is 18.2 Å². The van der Waals surface area contributed by atoms with Gasteiger partial charge in [0.05, 0.1) is 10.5 Å². The zero-order valence-corrected chi connectivity index (χ0v) is 11.0. The highest BCUT2D eigenvalue weighted by atomic mass is 16.6. The summed E-state index contributed by atoms with van der Waals surface area (Å²) in [5, 5.41) is 15.6. The second-order valence-electron chi connectivity index (χ2n) is 3.91. The Kier molecular flexibility index (Phi) is 4.98. The SMILES string of the molecule is CNC(=O)C(C)NC(=O)c1cccc([N+](=O)[O-])c1NN. The number of rotatable bonds is 5. The van der Waals surface area contributed by atoms with Gasteiger partial charge in [-0.3, -0.25) is 25.5 Å². The Labute approximate surface area is 114 Å². The quantitative estimate of drug-likeness (QED) is 0.333. The number of nitro benzene ring substituents is 1. The number of carbonyl (C=O) groups is 2. The molecule has 0 spiro atoms. The Hall–Kier alpha value is -2.68. The van der Waals surface area contributed by atoms with Crippen molar-refractivity contribution in [2.75, 3.05) is 12.5 Å². The van der Waals surface area contributed by atoms with Gasteiger partial charge < -0.3 is 16.1 Å². The summed E-state index contributed by atoms with van der Waals surface area (Å²) in [7, 11) is 1.44. The van der Waals surface area contributed by atoms with Crippen LogP contribution in [0.4, 0.5) is 11.4 Å². The molecule has 1 aromatic carbocycles. The summed E-state index contributed by atoms with van der Waals surface area (Å²) in [5.41, 5.74) is 1.69. The fraction of sp³-hybridized carbons (Fsp3) is 0.273. The van der Waals surface area contributed by atoms with E-state index in [-0.39, 0.29) is 22.8 Å². The van der Waals surface area contributed by atoms with Gasteiger partial charge in [-0.25, -0.2) is 0 Å². The van der Waals surface area contributed by atoms with Gasteiger partial charge in [0.1, 0.15) is 11.7 Å². The molecule has 1 unspecified atom stereocenters. The highest BCUT2D eigenvalue weighted by molar-refractivity contribution is 6.03. The molecule has 0 aliphatic heterocycles. The first-order valence-corrected chi connectivity index (χ1v) is 5.68.